The summed E-state index contributed by atoms with van der Waals surface area (Å²) in [6, 6.07) is 15.3. The maximum atomic E-state index is 12.9. The summed E-state index contributed by atoms with van der Waals surface area (Å²) in [5, 5.41) is 4.42. The molecule has 2 aromatic heterocycles. The van der Waals surface area contributed by atoms with Gasteiger partial charge in [0.1, 0.15) is 24.2 Å². The van der Waals surface area contributed by atoms with Crippen molar-refractivity contribution in [1.82, 2.24) is 14.6 Å². The smallest absolute Gasteiger partial charge is 0.291 e. The average Bonchev–Trinajstić information content (AvgIpc) is 3.32. The number of benzene rings is 2. The lowest BCUT2D eigenvalue weighted by Crippen LogP contribution is -2.26. The number of aromatic nitrogens is 3. The van der Waals surface area contributed by atoms with Crippen LogP contribution in [0.1, 0.15) is 12.5 Å². The lowest BCUT2D eigenvalue weighted by atomic mass is 10.0. The van der Waals surface area contributed by atoms with Gasteiger partial charge in [0.05, 0.1) is 4.53 Å². The molecule has 0 amide bonds. The van der Waals surface area contributed by atoms with E-state index in [1.165, 1.54) is 15.9 Å². The van der Waals surface area contributed by atoms with Crippen molar-refractivity contribution in [1.29, 1.82) is 0 Å². The third-order valence-corrected chi connectivity index (χ3v) is 5.93. The summed E-state index contributed by atoms with van der Waals surface area (Å²) in [5.74, 6) is 2.10. The summed E-state index contributed by atoms with van der Waals surface area (Å²) in [5.41, 5.74) is 2.58. The summed E-state index contributed by atoms with van der Waals surface area (Å²) >= 11 is 1.32. The molecule has 0 radical (unpaired) electrons. The summed E-state index contributed by atoms with van der Waals surface area (Å²) in [6.07, 6.45) is 5.47. The highest BCUT2D eigenvalue weighted by molar-refractivity contribution is 7.15. The number of fused-ring (bicyclic) bond motifs is 2. The zero-order valence-electron chi connectivity index (χ0n) is 16.8. The first-order chi connectivity index (χ1) is 15.1. The van der Waals surface area contributed by atoms with Crippen LogP contribution in [0.15, 0.2) is 71.6 Å². The minimum atomic E-state index is -0.184. The fourth-order valence-electron chi connectivity index (χ4n) is 3.38. The molecule has 0 aliphatic carbocycles. The molecule has 31 heavy (non-hydrogen) atoms. The first-order valence-corrected chi connectivity index (χ1v) is 10.7. The molecule has 0 spiro atoms. The van der Waals surface area contributed by atoms with Crippen LogP contribution in [0.3, 0.4) is 0 Å². The predicted molar refractivity (Wildman–Crippen MR) is 122 cm³/mol. The van der Waals surface area contributed by atoms with Crippen LogP contribution < -0.4 is 19.6 Å². The van der Waals surface area contributed by atoms with E-state index in [4.69, 9.17) is 9.47 Å². The zero-order chi connectivity index (χ0) is 21.4. The van der Waals surface area contributed by atoms with Crippen molar-refractivity contribution in [2.45, 2.75) is 13.0 Å². The summed E-state index contributed by atoms with van der Waals surface area (Å²) < 4.78 is 13.4. The molecule has 0 saturated heterocycles. The number of hydrogen-bond acceptors (Lipinski definition) is 6. The van der Waals surface area contributed by atoms with Gasteiger partial charge in [0.2, 0.25) is 4.96 Å². The van der Waals surface area contributed by atoms with Gasteiger partial charge in [-0.3, -0.25) is 4.79 Å². The molecule has 6 nitrogen and oxygen atoms in total. The molecule has 2 aromatic carbocycles. The van der Waals surface area contributed by atoms with E-state index >= 15 is 0 Å². The van der Waals surface area contributed by atoms with Crippen molar-refractivity contribution in [2.24, 2.45) is 0 Å². The summed E-state index contributed by atoms with van der Waals surface area (Å²) in [6.45, 7) is 6.06. The van der Waals surface area contributed by atoms with E-state index in [9.17, 15) is 4.79 Å². The van der Waals surface area contributed by atoms with Gasteiger partial charge in [0, 0.05) is 11.1 Å². The average molecular weight is 430 g/mol. The molecule has 1 aliphatic rings. The standard InChI is InChI=1S/C24H19N3O3S/c1-3-12-29-19-10-8-16(9-11-19)22-25-24-27(26-22)23(28)21(31-24)14-18-13-17-6-4-5-7-20(17)30-15(18)2/h3-11,13-15H,1,12H2,2H3/b21-14-/t15-/m0/s1. The Bertz CT molecular complexity index is 1420. The Hall–Kier alpha value is -3.71. The summed E-state index contributed by atoms with van der Waals surface area (Å²) in [4.78, 5) is 18.0. The van der Waals surface area contributed by atoms with Gasteiger partial charge in [-0.1, -0.05) is 42.2 Å². The van der Waals surface area contributed by atoms with Crippen LogP contribution in [0.25, 0.3) is 28.5 Å². The quantitative estimate of drug-likeness (QED) is 0.452. The monoisotopic (exact) mass is 429 g/mol. The van der Waals surface area contributed by atoms with E-state index in [1.807, 2.05) is 61.5 Å². The molecule has 0 N–H and O–H groups in total. The van der Waals surface area contributed by atoms with Crippen LogP contribution in [-0.2, 0) is 0 Å². The van der Waals surface area contributed by atoms with Crippen molar-refractivity contribution in [3.63, 3.8) is 0 Å². The number of para-hydroxylation sites is 1. The molecule has 4 aromatic rings. The van der Waals surface area contributed by atoms with Gasteiger partial charge in [-0.2, -0.15) is 9.50 Å². The Morgan fingerprint density at radius 3 is 2.81 bits per heavy atom. The Labute approximate surface area is 182 Å². The molecule has 0 fully saturated rings. The Morgan fingerprint density at radius 1 is 1.23 bits per heavy atom. The first-order valence-electron chi connectivity index (χ1n) is 9.85. The maximum Gasteiger partial charge on any atom is 0.291 e. The molecule has 3 heterocycles. The van der Waals surface area contributed by atoms with Gasteiger partial charge in [-0.15, -0.1) is 5.10 Å². The van der Waals surface area contributed by atoms with E-state index in [0.717, 1.165) is 28.2 Å². The van der Waals surface area contributed by atoms with Crippen molar-refractivity contribution in [3.8, 4) is 22.9 Å². The number of ether oxygens (including phenoxy) is 2. The minimum Gasteiger partial charge on any atom is -0.490 e. The van der Waals surface area contributed by atoms with Crippen LogP contribution >= 0.6 is 11.3 Å². The summed E-state index contributed by atoms with van der Waals surface area (Å²) in [7, 11) is 0. The molecule has 7 heteroatoms. The van der Waals surface area contributed by atoms with Gasteiger partial charge in [0.15, 0.2) is 5.82 Å². The normalized spacial score (nSPS) is 16.0. The second-order valence-electron chi connectivity index (χ2n) is 7.11. The van der Waals surface area contributed by atoms with Crippen LogP contribution in [0.4, 0.5) is 0 Å². The number of rotatable bonds is 5. The van der Waals surface area contributed by atoms with Crippen molar-refractivity contribution in [2.75, 3.05) is 6.61 Å². The molecule has 1 aliphatic heterocycles. The highest BCUT2D eigenvalue weighted by Gasteiger charge is 2.18. The van der Waals surface area contributed by atoms with E-state index < -0.39 is 0 Å². The zero-order valence-corrected chi connectivity index (χ0v) is 17.6. The molecular weight excluding hydrogens is 410 g/mol. The van der Waals surface area contributed by atoms with Crippen LogP contribution in [0, 0.1) is 0 Å². The Morgan fingerprint density at radius 2 is 2.03 bits per heavy atom. The van der Waals surface area contributed by atoms with Crippen molar-refractivity contribution in [3.05, 3.63) is 87.2 Å². The molecule has 0 saturated carbocycles. The number of hydrogen-bond donors (Lipinski definition) is 0. The second-order valence-corrected chi connectivity index (χ2v) is 8.12. The molecule has 1 atom stereocenters. The molecule has 0 bridgehead atoms. The largest absolute Gasteiger partial charge is 0.490 e. The van der Waals surface area contributed by atoms with Crippen LogP contribution in [-0.4, -0.2) is 27.3 Å². The lowest BCUT2D eigenvalue weighted by molar-refractivity contribution is 0.259. The third-order valence-electron chi connectivity index (χ3n) is 4.97. The van der Waals surface area contributed by atoms with Crippen LogP contribution in [0.5, 0.6) is 11.5 Å². The topological polar surface area (TPSA) is 65.7 Å². The van der Waals surface area contributed by atoms with E-state index in [1.54, 1.807) is 6.08 Å². The van der Waals surface area contributed by atoms with Crippen molar-refractivity contribution >= 4 is 28.4 Å². The molecule has 5 rings (SSSR count). The molecule has 154 valence electrons. The highest BCUT2D eigenvalue weighted by atomic mass is 32.1. The second kappa shape index (κ2) is 7.85. The van der Waals surface area contributed by atoms with Gasteiger partial charge in [-0.05, 0) is 55.0 Å². The molecular formula is C24H19N3O3S. The minimum absolute atomic E-state index is 0.144. The van der Waals surface area contributed by atoms with E-state index in [0.29, 0.717) is 21.9 Å². The fraction of sp³-hybridized carbons (Fsp3) is 0.125. The number of thiazole rings is 1. The third kappa shape index (κ3) is 3.64. The van der Waals surface area contributed by atoms with Crippen molar-refractivity contribution < 1.29 is 9.47 Å². The Kier molecular flexibility index (Phi) is 4.88. The predicted octanol–water partition coefficient (Wildman–Crippen LogP) is 3.75. The maximum absolute atomic E-state index is 12.9. The Balaban J connectivity index is 1.48. The lowest BCUT2D eigenvalue weighted by Gasteiger charge is -2.22. The highest BCUT2D eigenvalue weighted by Crippen LogP contribution is 2.29. The SMILES string of the molecule is C=CCOc1ccc(-c2nc3s/c(=C\C4=Cc5ccccc5O[C@H]4C)c(=O)n3n2)cc1. The fourth-order valence-corrected chi connectivity index (χ4v) is 4.29. The first kappa shape index (κ1) is 19.3. The van der Waals surface area contributed by atoms with Gasteiger partial charge >= 0.3 is 0 Å². The van der Waals surface area contributed by atoms with Crippen LogP contribution in [0.2, 0.25) is 0 Å². The number of nitrogens with zero attached hydrogens (tertiary/aromatic N) is 3. The van der Waals surface area contributed by atoms with Gasteiger partial charge < -0.3 is 9.47 Å². The van der Waals surface area contributed by atoms with E-state index in [2.05, 4.69) is 22.7 Å². The van der Waals surface area contributed by atoms with E-state index in [-0.39, 0.29) is 11.7 Å². The molecule has 0 unspecified atom stereocenters. The van der Waals surface area contributed by atoms with Gasteiger partial charge in [-0.25, -0.2) is 0 Å². The van der Waals surface area contributed by atoms with Gasteiger partial charge in [0.25, 0.3) is 5.56 Å².